The zero-order valence-electron chi connectivity index (χ0n) is 16.8. The first-order valence-corrected chi connectivity index (χ1v) is 10.4. The summed E-state index contributed by atoms with van der Waals surface area (Å²) in [5, 5.41) is 2.27. The molecule has 0 fully saturated rings. The molecule has 3 heteroatoms. The Balaban J connectivity index is 1.52. The molecule has 1 aliphatic rings. The average molecular weight is 397 g/mol. The van der Waals surface area contributed by atoms with Crippen molar-refractivity contribution >= 4 is 45.5 Å². The van der Waals surface area contributed by atoms with Crippen LogP contribution in [-0.4, -0.2) is 9.97 Å². The van der Waals surface area contributed by atoms with Crippen molar-refractivity contribution in [3.05, 3.63) is 120 Å². The van der Waals surface area contributed by atoms with E-state index in [-0.39, 0.29) is 0 Å². The Kier molecular flexibility index (Phi) is 4.10. The maximum absolute atomic E-state index is 4.97. The Bertz CT molecular complexity index is 1500. The number of hydrogen-bond donors (Lipinski definition) is 0. The Morgan fingerprint density at radius 1 is 0.581 bits per heavy atom. The highest BCUT2D eigenvalue weighted by Gasteiger charge is 2.20. The predicted molar refractivity (Wildman–Crippen MR) is 129 cm³/mol. The van der Waals surface area contributed by atoms with E-state index in [4.69, 9.17) is 9.97 Å². The van der Waals surface area contributed by atoms with E-state index in [1.807, 2.05) is 30.3 Å². The van der Waals surface area contributed by atoms with Crippen molar-refractivity contribution in [2.75, 3.05) is 4.90 Å². The number of allylic oxidation sites excluding steroid dienone is 1. The van der Waals surface area contributed by atoms with Crippen molar-refractivity contribution in [1.82, 2.24) is 9.97 Å². The highest BCUT2D eigenvalue weighted by Crippen LogP contribution is 2.37. The van der Waals surface area contributed by atoms with Crippen molar-refractivity contribution in [3.63, 3.8) is 0 Å². The summed E-state index contributed by atoms with van der Waals surface area (Å²) < 4.78 is 0. The Hall–Kier alpha value is -4.24. The van der Waals surface area contributed by atoms with Gasteiger partial charge in [0.05, 0.1) is 22.4 Å². The zero-order chi connectivity index (χ0) is 20.6. The van der Waals surface area contributed by atoms with Crippen LogP contribution in [0.2, 0.25) is 0 Å². The van der Waals surface area contributed by atoms with Crippen LogP contribution in [0.3, 0.4) is 0 Å². The van der Waals surface area contributed by atoms with Crippen molar-refractivity contribution in [3.8, 4) is 0 Å². The number of benzene rings is 3. The highest BCUT2D eigenvalue weighted by atomic mass is 15.2. The number of para-hydroxylation sites is 3. The summed E-state index contributed by atoms with van der Waals surface area (Å²) in [4.78, 5) is 12.0. The van der Waals surface area contributed by atoms with E-state index in [0.717, 1.165) is 44.7 Å². The summed E-state index contributed by atoms with van der Waals surface area (Å²) in [5.74, 6) is 0.891. The fraction of sp³-hybridized carbons (Fsp3) is 0. The van der Waals surface area contributed by atoms with Crippen LogP contribution < -0.4 is 4.90 Å². The van der Waals surface area contributed by atoms with Gasteiger partial charge in [0, 0.05) is 16.5 Å². The molecule has 0 amide bonds. The van der Waals surface area contributed by atoms with Crippen LogP contribution in [0.1, 0.15) is 11.3 Å². The summed E-state index contributed by atoms with van der Waals surface area (Å²) in [6.45, 7) is 0. The fourth-order valence-corrected chi connectivity index (χ4v) is 4.08. The minimum Gasteiger partial charge on any atom is -0.294 e. The molecule has 5 aromatic rings. The number of nitrogens with zero attached hydrogens (tertiary/aromatic N) is 3. The number of aromatic nitrogens is 2. The second-order valence-electron chi connectivity index (χ2n) is 7.59. The standard InChI is InChI=1S/C28H19N3/c1-4-10-25-20(7-1)13-16-23(29-25)19-24-17-14-22-9-3-6-12-27(22)31(24)28-18-15-21-8-2-5-11-26(21)30-28/h1-19H. The maximum atomic E-state index is 4.97. The molecular formula is C28H19N3. The molecule has 6 rings (SSSR count). The van der Waals surface area contributed by atoms with Crippen LogP contribution in [-0.2, 0) is 0 Å². The fourth-order valence-electron chi connectivity index (χ4n) is 4.08. The van der Waals surface area contributed by atoms with Gasteiger partial charge in [0.25, 0.3) is 0 Å². The molecule has 0 N–H and O–H groups in total. The van der Waals surface area contributed by atoms with Gasteiger partial charge in [0.15, 0.2) is 0 Å². The van der Waals surface area contributed by atoms with E-state index in [9.17, 15) is 0 Å². The second kappa shape index (κ2) is 7.22. The first kappa shape index (κ1) is 17.6. The molecule has 0 bridgehead atoms. The van der Waals surface area contributed by atoms with Crippen molar-refractivity contribution < 1.29 is 0 Å². The lowest BCUT2D eigenvalue weighted by molar-refractivity contribution is 1.14. The molecule has 0 saturated heterocycles. The molecule has 3 heterocycles. The molecule has 3 nitrogen and oxygen atoms in total. The summed E-state index contributed by atoms with van der Waals surface area (Å²) in [5.41, 5.74) is 6.20. The third-order valence-electron chi connectivity index (χ3n) is 5.60. The maximum Gasteiger partial charge on any atom is 0.138 e. The van der Waals surface area contributed by atoms with E-state index in [1.165, 1.54) is 5.56 Å². The number of pyridine rings is 2. The van der Waals surface area contributed by atoms with Gasteiger partial charge in [0.1, 0.15) is 5.82 Å². The SMILES string of the molecule is C1=Cc2ccccc2N(c2ccc3ccccc3n2)C1=Cc1ccc2ccccc2n1. The molecule has 0 radical (unpaired) electrons. The van der Waals surface area contributed by atoms with Gasteiger partial charge in [-0.25, -0.2) is 9.97 Å². The molecule has 0 atom stereocenters. The van der Waals surface area contributed by atoms with E-state index in [1.54, 1.807) is 0 Å². The number of fused-ring (bicyclic) bond motifs is 3. The molecule has 0 unspecified atom stereocenters. The van der Waals surface area contributed by atoms with Gasteiger partial charge in [-0.05, 0) is 54.1 Å². The normalized spacial score (nSPS) is 14.3. The zero-order valence-corrected chi connectivity index (χ0v) is 16.8. The Morgan fingerprint density at radius 2 is 1.26 bits per heavy atom. The third-order valence-corrected chi connectivity index (χ3v) is 5.60. The summed E-state index contributed by atoms with van der Waals surface area (Å²) in [7, 11) is 0. The van der Waals surface area contributed by atoms with Gasteiger partial charge in [-0.3, -0.25) is 4.90 Å². The van der Waals surface area contributed by atoms with Crippen molar-refractivity contribution in [2.24, 2.45) is 0 Å². The Morgan fingerprint density at radius 3 is 2.10 bits per heavy atom. The molecule has 0 aliphatic carbocycles. The Labute approximate surface area is 180 Å². The molecule has 146 valence electrons. The lowest BCUT2D eigenvalue weighted by Gasteiger charge is -2.29. The van der Waals surface area contributed by atoms with E-state index in [0.29, 0.717) is 0 Å². The molecular weight excluding hydrogens is 378 g/mol. The van der Waals surface area contributed by atoms with Gasteiger partial charge in [-0.15, -0.1) is 0 Å². The molecule has 2 aromatic heterocycles. The second-order valence-corrected chi connectivity index (χ2v) is 7.59. The molecule has 31 heavy (non-hydrogen) atoms. The largest absolute Gasteiger partial charge is 0.294 e. The van der Waals surface area contributed by atoms with Gasteiger partial charge < -0.3 is 0 Å². The van der Waals surface area contributed by atoms with Crippen molar-refractivity contribution in [2.45, 2.75) is 0 Å². The summed E-state index contributed by atoms with van der Waals surface area (Å²) in [6.07, 6.45) is 6.41. The topological polar surface area (TPSA) is 29.0 Å². The predicted octanol–water partition coefficient (Wildman–Crippen LogP) is 6.99. The van der Waals surface area contributed by atoms with Gasteiger partial charge in [-0.1, -0.05) is 66.7 Å². The quantitative estimate of drug-likeness (QED) is 0.321. The lowest BCUT2D eigenvalue weighted by atomic mass is 10.0. The first-order chi connectivity index (χ1) is 15.3. The van der Waals surface area contributed by atoms with Gasteiger partial charge in [-0.2, -0.15) is 0 Å². The number of anilines is 2. The number of hydrogen-bond acceptors (Lipinski definition) is 3. The minimum atomic E-state index is 0.891. The summed E-state index contributed by atoms with van der Waals surface area (Å²) >= 11 is 0. The number of rotatable bonds is 2. The molecule has 0 saturated carbocycles. The van der Waals surface area contributed by atoms with Crippen LogP contribution in [0.15, 0.2) is 109 Å². The van der Waals surface area contributed by atoms with Gasteiger partial charge >= 0.3 is 0 Å². The van der Waals surface area contributed by atoms with Crippen molar-refractivity contribution in [1.29, 1.82) is 0 Å². The highest BCUT2D eigenvalue weighted by molar-refractivity contribution is 5.88. The first-order valence-electron chi connectivity index (χ1n) is 10.4. The van der Waals surface area contributed by atoms with Crippen LogP contribution in [0.25, 0.3) is 34.0 Å². The van der Waals surface area contributed by atoms with Gasteiger partial charge in [0.2, 0.25) is 0 Å². The molecule has 0 spiro atoms. The average Bonchev–Trinajstić information content (AvgIpc) is 2.83. The smallest absolute Gasteiger partial charge is 0.138 e. The van der Waals surface area contributed by atoms with E-state index >= 15 is 0 Å². The minimum absolute atomic E-state index is 0.891. The molecule has 3 aromatic carbocycles. The van der Waals surface area contributed by atoms with E-state index < -0.39 is 0 Å². The summed E-state index contributed by atoms with van der Waals surface area (Å²) in [6, 6.07) is 33.2. The van der Waals surface area contributed by atoms with Crippen LogP contribution in [0, 0.1) is 0 Å². The van der Waals surface area contributed by atoms with Crippen LogP contribution >= 0.6 is 0 Å². The monoisotopic (exact) mass is 397 g/mol. The van der Waals surface area contributed by atoms with E-state index in [2.05, 4.69) is 89.9 Å². The van der Waals surface area contributed by atoms with Crippen LogP contribution in [0.4, 0.5) is 11.5 Å². The lowest BCUT2D eigenvalue weighted by Crippen LogP contribution is -2.19. The third kappa shape index (κ3) is 3.17. The molecule has 1 aliphatic heterocycles. The van der Waals surface area contributed by atoms with Crippen LogP contribution in [0.5, 0.6) is 0 Å².